The van der Waals surface area contributed by atoms with Gasteiger partial charge in [0.15, 0.2) is 0 Å². The van der Waals surface area contributed by atoms with E-state index in [0.29, 0.717) is 10.4 Å². The molecule has 0 heterocycles. The van der Waals surface area contributed by atoms with E-state index in [1.54, 1.807) is 6.07 Å². The van der Waals surface area contributed by atoms with E-state index in [1.807, 2.05) is 12.1 Å². The summed E-state index contributed by atoms with van der Waals surface area (Å²) in [7, 11) is 0. The molecule has 1 saturated carbocycles. The van der Waals surface area contributed by atoms with Crippen LogP contribution in [0, 0.1) is 5.82 Å². The second-order valence-electron chi connectivity index (χ2n) is 3.91. The van der Waals surface area contributed by atoms with Crippen LogP contribution in [0.25, 0.3) is 0 Å². The molecule has 1 aromatic carbocycles. The molecule has 0 amide bonds. The molecule has 0 aromatic heterocycles. The highest BCUT2D eigenvalue weighted by Crippen LogP contribution is 2.36. The number of halogens is 2. The van der Waals surface area contributed by atoms with Crippen molar-refractivity contribution in [1.29, 1.82) is 0 Å². The Balaban J connectivity index is 2.28. The van der Waals surface area contributed by atoms with Crippen LogP contribution in [-0.2, 0) is 0 Å². The normalized spacial score (nSPS) is 26.8. The largest absolute Gasteiger partial charge is 0.328 e. The molecule has 0 saturated heterocycles. The predicted octanol–water partition coefficient (Wildman–Crippen LogP) is 3.18. The minimum absolute atomic E-state index is 0.119. The molecule has 0 radical (unpaired) electrons. The van der Waals surface area contributed by atoms with E-state index in [2.05, 4.69) is 15.9 Å². The minimum Gasteiger partial charge on any atom is -0.328 e. The summed E-state index contributed by atoms with van der Waals surface area (Å²) in [5, 5.41) is 0. The number of hydrogen-bond acceptors (Lipinski definition) is 1. The summed E-state index contributed by atoms with van der Waals surface area (Å²) in [6, 6.07) is 5.72. The molecule has 1 aliphatic carbocycles. The van der Waals surface area contributed by atoms with E-state index in [9.17, 15) is 4.39 Å². The summed E-state index contributed by atoms with van der Waals surface area (Å²) >= 11 is 3.20. The monoisotopic (exact) mass is 257 g/mol. The molecule has 1 fully saturated rings. The summed E-state index contributed by atoms with van der Waals surface area (Å²) in [5.41, 5.74) is 6.63. The zero-order valence-corrected chi connectivity index (χ0v) is 9.43. The first-order valence-corrected chi connectivity index (χ1v) is 5.67. The van der Waals surface area contributed by atoms with Crippen molar-refractivity contribution < 1.29 is 4.39 Å². The van der Waals surface area contributed by atoms with Gasteiger partial charge in [-0.2, -0.15) is 0 Å². The molecule has 0 bridgehead atoms. The Morgan fingerprint density at radius 2 is 2.14 bits per heavy atom. The lowest BCUT2D eigenvalue weighted by Crippen LogP contribution is -2.14. The van der Waals surface area contributed by atoms with Crippen LogP contribution in [-0.4, -0.2) is 6.04 Å². The highest BCUT2D eigenvalue weighted by Gasteiger charge is 2.25. The molecule has 2 N–H and O–H groups in total. The maximum absolute atomic E-state index is 13.7. The van der Waals surface area contributed by atoms with E-state index >= 15 is 0 Å². The van der Waals surface area contributed by atoms with E-state index in [1.165, 1.54) is 0 Å². The van der Waals surface area contributed by atoms with Crippen LogP contribution in [0.3, 0.4) is 0 Å². The molecular formula is C11H13BrFN. The van der Waals surface area contributed by atoms with Gasteiger partial charge in [0, 0.05) is 6.04 Å². The predicted molar refractivity (Wildman–Crippen MR) is 58.7 cm³/mol. The number of benzene rings is 1. The van der Waals surface area contributed by atoms with Crippen molar-refractivity contribution in [3.8, 4) is 0 Å². The summed E-state index contributed by atoms with van der Waals surface area (Å²) in [6.45, 7) is 0. The Hall–Kier alpha value is -0.410. The van der Waals surface area contributed by atoms with E-state index in [4.69, 9.17) is 5.73 Å². The second-order valence-corrected chi connectivity index (χ2v) is 4.77. The fraction of sp³-hybridized carbons (Fsp3) is 0.455. The zero-order valence-electron chi connectivity index (χ0n) is 7.84. The molecule has 2 atom stereocenters. The van der Waals surface area contributed by atoms with Crippen molar-refractivity contribution in [3.63, 3.8) is 0 Å². The van der Waals surface area contributed by atoms with Gasteiger partial charge in [0.2, 0.25) is 0 Å². The highest BCUT2D eigenvalue weighted by atomic mass is 79.9. The van der Waals surface area contributed by atoms with Gasteiger partial charge in [0.1, 0.15) is 5.82 Å². The van der Waals surface area contributed by atoms with E-state index in [0.717, 1.165) is 24.8 Å². The van der Waals surface area contributed by atoms with Gasteiger partial charge in [-0.3, -0.25) is 0 Å². The molecule has 1 nitrogen and oxygen atoms in total. The fourth-order valence-corrected chi connectivity index (χ4v) is 2.52. The van der Waals surface area contributed by atoms with Gasteiger partial charge in [-0.25, -0.2) is 4.39 Å². The Kier molecular flexibility index (Phi) is 2.88. The molecule has 3 heteroatoms. The fourth-order valence-electron chi connectivity index (χ4n) is 2.13. The first-order chi connectivity index (χ1) is 6.68. The molecule has 0 aliphatic heterocycles. The Morgan fingerprint density at radius 3 is 2.79 bits per heavy atom. The Bertz CT molecular complexity index is 340. The summed E-state index contributed by atoms with van der Waals surface area (Å²) < 4.78 is 14.2. The smallest absolute Gasteiger partial charge is 0.140 e. The first kappa shape index (κ1) is 10.1. The van der Waals surface area contributed by atoms with Crippen molar-refractivity contribution in [2.75, 3.05) is 0 Å². The molecule has 76 valence electrons. The number of rotatable bonds is 1. The third-order valence-electron chi connectivity index (χ3n) is 2.89. The summed E-state index contributed by atoms with van der Waals surface area (Å²) in [6.07, 6.45) is 2.93. The van der Waals surface area contributed by atoms with Gasteiger partial charge in [-0.15, -0.1) is 0 Å². The van der Waals surface area contributed by atoms with Crippen LogP contribution in [0.15, 0.2) is 22.7 Å². The molecular weight excluding hydrogens is 245 g/mol. The van der Waals surface area contributed by atoms with Crippen molar-refractivity contribution in [1.82, 2.24) is 0 Å². The van der Waals surface area contributed by atoms with Gasteiger partial charge in [0.05, 0.1) is 4.47 Å². The average molecular weight is 258 g/mol. The molecule has 1 aliphatic rings. The standard InChI is InChI=1S/C11H13BrFN/c12-10-3-1-2-9(11(10)13)7-4-5-8(14)6-7/h1-3,7-8H,4-6,14H2. The zero-order chi connectivity index (χ0) is 10.1. The lowest BCUT2D eigenvalue weighted by Gasteiger charge is -2.11. The van der Waals surface area contributed by atoms with Crippen molar-refractivity contribution in [3.05, 3.63) is 34.1 Å². The van der Waals surface area contributed by atoms with Crippen molar-refractivity contribution in [2.45, 2.75) is 31.2 Å². The van der Waals surface area contributed by atoms with Crippen LogP contribution < -0.4 is 5.73 Å². The second kappa shape index (κ2) is 3.99. The quantitative estimate of drug-likeness (QED) is 0.822. The van der Waals surface area contributed by atoms with E-state index < -0.39 is 0 Å². The summed E-state index contributed by atoms with van der Waals surface area (Å²) in [4.78, 5) is 0. The van der Waals surface area contributed by atoms with E-state index in [-0.39, 0.29) is 11.9 Å². The topological polar surface area (TPSA) is 26.0 Å². The van der Waals surface area contributed by atoms with Crippen molar-refractivity contribution in [2.24, 2.45) is 5.73 Å². The van der Waals surface area contributed by atoms with Crippen LogP contribution in [0.4, 0.5) is 4.39 Å². The molecule has 14 heavy (non-hydrogen) atoms. The van der Waals surface area contributed by atoms with Gasteiger partial charge in [0.25, 0.3) is 0 Å². The van der Waals surface area contributed by atoms with Crippen molar-refractivity contribution >= 4 is 15.9 Å². The minimum atomic E-state index is -0.119. The Morgan fingerprint density at radius 1 is 1.36 bits per heavy atom. The number of hydrogen-bond donors (Lipinski definition) is 1. The Labute approximate surface area is 91.6 Å². The maximum atomic E-state index is 13.7. The van der Waals surface area contributed by atoms with Crippen LogP contribution >= 0.6 is 15.9 Å². The lowest BCUT2D eigenvalue weighted by atomic mass is 9.97. The van der Waals surface area contributed by atoms with Crippen LogP contribution in [0.2, 0.25) is 0 Å². The molecule has 2 unspecified atom stereocenters. The number of nitrogens with two attached hydrogens (primary N) is 1. The van der Waals surface area contributed by atoms with Gasteiger partial charge < -0.3 is 5.73 Å². The third-order valence-corrected chi connectivity index (χ3v) is 3.51. The molecule has 0 spiro atoms. The average Bonchev–Trinajstić information content (AvgIpc) is 2.57. The van der Waals surface area contributed by atoms with Gasteiger partial charge in [-0.1, -0.05) is 12.1 Å². The molecule has 1 aromatic rings. The summed E-state index contributed by atoms with van der Waals surface area (Å²) in [5.74, 6) is 0.189. The van der Waals surface area contributed by atoms with Crippen LogP contribution in [0.5, 0.6) is 0 Å². The highest BCUT2D eigenvalue weighted by molar-refractivity contribution is 9.10. The van der Waals surface area contributed by atoms with Gasteiger partial charge in [-0.05, 0) is 52.7 Å². The SMILES string of the molecule is NC1CCC(c2cccc(Br)c2F)C1. The first-order valence-electron chi connectivity index (χ1n) is 4.88. The lowest BCUT2D eigenvalue weighted by molar-refractivity contribution is 0.571. The van der Waals surface area contributed by atoms with Gasteiger partial charge >= 0.3 is 0 Å². The van der Waals surface area contributed by atoms with Crippen LogP contribution in [0.1, 0.15) is 30.7 Å². The third kappa shape index (κ3) is 1.84. The molecule has 2 rings (SSSR count). The maximum Gasteiger partial charge on any atom is 0.140 e.